The summed E-state index contributed by atoms with van der Waals surface area (Å²) in [6, 6.07) is 11.2. The second-order valence-corrected chi connectivity index (χ2v) is 6.98. The summed E-state index contributed by atoms with van der Waals surface area (Å²) < 4.78 is 6.61. The third-order valence-electron chi connectivity index (χ3n) is 4.15. The van der Waals surface area contributed by atoms with Crippen LogP contribution in [-0.2, 0) is 0 Å². The molecule has 0 bridgehead atoms. The van der Waals surface area contributed by atoms with E-state index >= 15 is 0 Å². The van der Waals surface area contributed by atoms with Gasteiger partial charge in [0.05, 0.1) is 12.0 Å². The molecule has 1 N–H and O–H groups in total. The van der Waals surface area contributed by atoms with E-state index in [0.717, 1.165) is 10.6 Å². The van der Waals surface area contributed by atoms with Gasteiger partial charge in [-0.25, -0.2) is 0 Å². The molecule has 0 aliphatic heterocycles. The van der Waals surface area contributed by atoms with Crippen LogP contribution in [0.2, 0.25) is 0 Å². The maximum atomic E-state index is 12.6. The number of ether oxygens (including phenoxy) is 1. The third-order valence-corrected chi connectivity index (χ3v) is 5.10. The predicted octanol–water partition coefficient (Wildman–Crippen LogP) is 3.33. The van der Waals surface area contributed by atoms with Gasteiger partial charge in [0, 0.05) is 22.9 Å². The molecule has 0 saturated heterocycles. The summed E-state index contributed by atoms with van der Waals surface area (Å²) in [5.74, 6) is 0.307. The summed E-state index contributed by atoms with van der Waals surface area (Å²) in [5, 5.41) is 27.1. The summed E-state index contributed by atoms with van der Waals surface area (Å²) in [4.78, 5) is 23.8. The van der Waals surface area contributed by atoms with E-state index in [-0.39, 0.29) is 17.0 Å². The van der Waals surface area contributed by atoms with Gasteiger partial charge in [0.2, 0.25) is 4.96 Å². The zero-order valence-corrected chi connectivity index (χ0v) is 16.1. The Hall–Kier alpha value is -3.86. The predicted molar refractivity (Wildman–Crippen MR) is 106 cm³/mol. The number of carbonyl (C=O) groups is 1. The van der Waals surface area contributed by atoms with Crippen molar-refractivity contribution in [2.24, 2.45) is 0 Å². The molecule has 11 heteroatoms. The molecular weight excluding hydrogens is 396 g/mol. The van der Waals surface area contributed by atoms with E-state index in [0.29, 0.717) is 16.5 Å². The SMILES string of the molecule is COc1ccc(C(=O)Nc2cccc(-c3nn4c(C)nnc4s3)c2)cc1[N+](=O)[O-]. The number of nitrogens with one attached hydrogen (secondary N) is 1. The number of benzene rings is 2. The van der Waals surface area contributed by atoms with Crippen molar-refractivity contribution >= 4 is 33.6 Å². The fraction of sp³-hybridized carbons (Fsp3) is 0.111. The van der Waals surface area contributed by atoms with E-state index in [4.69, 9.17) is 4.74 Å². The van der Waals surface area contributed by atoms with E-state index in [1.165, 1.54) is 36.6 Å². The molecule has 29 heavy (non-hydrogen) atoms. The monoisotopic (exact) mass is 410 g/mol. The zero-order chi connectivity index (χ0) is 20.5. The first-order valence-corrected chi connectivity index (χ1v) is 9.21. The van der Waals surface area contributed by atoms with Crippen LogP contribution in [0.25, 0.3) is 15.5 Å². The van der Waals surface area contributed by atoms with Crippen molar-refractivity contribution < 1.29 is 14.5 Å². The number of nitrogens with zero attached hydrogens (tertiary/aromatic N) is 5. The van der Waals surface area contributed by atoms with Crippen LogP contribution in [0.3, 0.4) is 0 Å². The molecule has 4 rings (SSSR count). The Morgan fingerprint density at radius 1 is 1.24 bits per heavy atom. The average molecular weight is 410 g/mol. The molecule has 10 nitrogen and oxygen atoms in total. The van der Waals surface area contributed by atoms with Crippen molar-refractivity contribution in [3.05, 3.63) is 64.0 Å². The van der Waals surface area contributed by atoms with E-state index in [9.17, 15) is 14.9 Å². The number of methoxy groups -OCH3 is 1. The molecule has 0 radical (unpaired) electrons. The molecular formula is C18H14N6O4S. The average Bonchev–Trinajstić information content (AvgIpc) is 3.30. The molecule has 0 unspecified atom stereocenters. The molecule has 2 aromatic carbocycles. The van der Waals surface area contributed by atoms with Crippen LogP contribution in [0.15, 0.2) is 42.5 Å². The Morgan fingerprint density at radius 3 is 2.79 bits per heavy atom. The number of fused-ring (bicyclic) bond motifs is 1. The number of anilines is 1. The Morgan fingerprint density at radius 2 is 2.07 bits per heavy atom. The Kier molecular flexibility index (Phi) is 4.64. The minimum absolute atomic E-state index is 0.0899. The van der Waals surface area contributed by atoms with Crippen molar-refractivity contribution in [2.45, 2.75) is 6.92 Å². The quantitative estimate of drug-likeness (QED) is 0.395. The lowest BCUT2D eigenvalue weighted by molar-refractivity contribution is -0.385. The van der Waals surface area contributed by atoms with Crippen LogP contribution in [0, 0.1) is 17.0 Å². The number of aromatic nitrogens is 4. The molecule has 0 aliphatic carbocycles. The molecule has 146 valence electrons. The standard InChI is InChI=1S/C18H14N6O4S/c1-10-20-21-18-23(10)22-17(29-18)12-4-3-5-13(8-12)19-16(25)11-6-7-15(28-2)14(9-11)24(26)27/h3-9H,1-2H3,(H,19,25). The van der Waals surface area contributed by atoms with Crippen LogP contribution in [0.1, 0.15) is 16.2 Å². The Bertz CT molecular complexity index is 1250. The molecule has 2 heterocycles. The number of nitro benzene ring substituents is 1. The second kappa shape index (κ2) is 7.28. The number of hydrogen-bond donors (Lipinski definition) is 1. The molecule has 2 aromatic heterocycles. The van der Waals surface area contributed by atoms with Crippen molar-refractivity contribution in [2.75, 3.05) is 12.4 Å². The summed E-state index contributed by atoms with van der Waals surface area (Å²) in [6.07, 6.45) is 0. The maximum absolute atomic E-state index is 12.6. The molecule has 0 saturated carbocycles. The van der Waals surface area contributed by atoms with E-state index in [1.54, 1.807) is 22.7 Å². The van der Waals surface area contributed by atoms with E-state index in [1.807, 2.05) is 13.0 Å². The lowest BCUT2D eigenvalue weighted by atomic mass is 10.1. The summed E-state index contributed by atoms with van der Waals surface area (Å²) in [7, 11) is 1.33. The molecule has 1 amide bonds. The van der Waals surface area contributed by atoms with Gasteiger partial charge in [0.25, 0.3) is 5.91 Å². The van der Waals surface area contributed by atoms with E-state index < -0.39 is 10.8 Å². The molecule has 0 aliphatic rings. The van der Waals surface area contributed by atoms with Crippen LogP contribution >= 0.6 is 11.3 Å². The summed E-state index contributed by atoms with van der Waals surface area (Å²) >= 11 is 1.38. The second-order valence-electron chi connectivity index (χ2n) is 6.03. The van der Waals surface area contributed by atoms with Crippen molar-refractivity contribution in [3.8, 4) is 16.3 Å². The first-order valence-electron chi connectivity index (χ1n) is 8.39. The van der Waals surface area contributed by atoms with Crippen LogP contribution in [0.4, 0.5) is 11.4 Å². The number of hydrogen-bond acceptors (Lipinski definition) is 8. The first kappa shape index (κ1) is 18.5. The minimum Gasteiger partial charge on any atom is -0.490 e. The highest BCUT2D eigenvalue weighted by molar-refractivity contribution is 7.19. The first-order chi connectivity index (χ1) is 14.0. The van der Waals surface area contributed by atoms with Gasteiger partial charge in [0.1, 0.15) is 5.01 Å². The Balaban J connectivity index is 1.60. The van der Waals surface area contributed by atoms with Gasteiger partial charge in [0.15, 0.2) is 11.6 Å². The smallest absolute Gasteiger partial charge is 0.311 e. The molecule has 0 atom stereocenters. The largest absolute Gasteiger partial charge is 0.490 e. The van der Waals surface area contributed by atoms with Crippen molar-refractivity contribution in [1.29, 1.82) is 0 Å². The number of amides is 1. The summed E-state index contributed by atoms with van der Waals surface area (Å²) in [5.41, 5.74) is 1.22. The van der Waals surface area contributed by atoms with Crippen LogP contribution in [0.5, 0.6) is 5.75 Å². The third kappa shape index (κ3) is 3.50. The van der Waals surface area contributed by atoms with Crippen molar-refractivity contribution in [1.82, 2.24) is 19.8 Å². The summed E-state index contributed by atoms with van der Waals surface area (Å²) in [6.45, 7) is 1.81. The number of aryl methyl sites for hydroxylation is 1. The highest BCUT2D eigenvalue weighted by Crippen LogP contribution is 2.29. The topological polar surface area (TPSA) is 125 Å². The highest BCUT2D eigenvalue weighted by Gasteiger charge is 2.18. The fourth-order valence-corrected chi connectivity index (χ4v) is 3.62. The lowest BCUT2D eigenvalue weighted by Gasteiger charge is -2.08. The fourth-order valence-electron chi connectivity index (χ4n) is 2.74. The van der Waals surface area contributed by atoms with Gasteiger partial charge < -0.3 is 10.1 Å². The normalized spacial score (nSPS) is 10.8. The van der Waals surface area contributed by atoms with Gasteiger partial charge in [-0.2, -0.15) is 9.61 Å². The molecule has 0 fully saturated rings. The highest BCUT2D eigenvalue weighted by atomic mass is 32.1. The number of nitro groups is 1. The number of rotatable bonds is 5. The minimum atomic E-state index is -0.591. The Labute approximate surface area is 167 Å². The van der Waals surface area contributed by atoms with Gasteiger partial charge in [-0.3, -0.25) is 14.9 Å². The zero-order valence-electron chi connectivity index (χ0n) is 15.3. The van der Waals surface area contributed by atoms with Crippen LogP contribution < -0.4 is 10.1 Å². The van der Waals surface area contributed by atoms with E-state index in [2.05, 4.69) is 20.6 Å². The van der Waals surface area contributed by atoms with Crippen LogP contribution in [-0.4, -0.2) is 37.8 Å². The van der Waals surface area contributed by atoms with Gasteiger partial charge >= 0.3 is 5.69 Å². The molecule has 4 aromatic rings. The maximum Gasteiger partial charge on any atom is 0.311 e. The van der Waals surface area contributed by atoms with Crippen molar-refractivity contribution in [3.63, 3.8) is 0 Å². The van der Waals surface area contributed by atoms with Gasteiger partial charge in [-0.05, 0) is 31.2 Å². The number of carbonyl (C=O) groups excluding carboxylic acids is 1. The molecule has 0 spiro atoms. The van der Waals surface area contributed by atoms with Gasteiger partial charge in [-0.15, -0.1) is 10.2 Å². The lowest BCUT2D eigenvalue weighted by Crippen LogP contribution is -2.12. The van der Waals surface area contributed by atoms with Gasteiger partial charge in [-0.1, -0.05) is 23.5 Å².